The van der Waals surface area contributed by atoms with E-state index in [0.29, 0.717) is 25.3 Å². The Balaban J connectivity index is 1.77. The molecule has 1 heterocycles. The van der Waals surface area contributed by atoms with Gasteiger partial charge in [-0.2, -0.15) is 0 Å². The summed E-state index contributed by atoms with van der Waals surface area (Å²) >= 11 is 0. The summed E-state index contributed by atoms with van der Waals surface area (Å²) in [5.74, 6) is -0.107. The Morgan fingerprint density at radius 1 is 1.39 bits per heavy atom. The molecule has 0 aliphatic carbocycles. The molecule has 1 aliphatic rings. The van der Waals surface area contributed by atoms with Crippen LogP contribution in [-0.2, 0) is 16.1 Å². The number of hydrogen-bond donors (Lipinski definition) is 1. The molecule has 5 heteroatoms. The SMILES string of the molecule is CC(C)(C)C(=O)NCCC1CN(Cc2ccccc2F)CCO1. The van der Waals surface area contributed by atoms with E-state index in [9.17, 15) is 9.18 Å². The standard InChI is InChI=1S/C18H27FN2O2/c1-18(2,3)17(22)20-9-8-15-13-21(10-11-23-15)12-14-6-4-5-7-16(14)19/h4-7,15H,8-13H2,1-3H3,(H,20,22). The van der Waals surface area contributed by atoms with Crippen molar-refractivity contribution >= 4 is 5.91 Å². The summed E-state index contributed by atoms with van der Waals surface area (Å²) < 4.78 is 19.5. The van der Waals surface area contributed by atoms with E-state index < -0.39 is 0 Å². The van der Waals surface area contributed by atoms with Gasteiger partial charge in [-0.1, -0.05) is 39.0 Å². The van der Waals surface area contributed by atoms with Crippen LogP contribution in [0.15, 0.2) is 24.3 Å². The predicted molar refractivity (Wildman–Crippen MR) is 88.5 cm³/mol. The van der Waals surface area contributed by atoms with Crippen LogP contribution in [0.2, 0.25) is 0 Å². The van der Waals surface area contributed by atoms with Crippen LogP contribution in [0, 0.1) is 11.2 Å². The quantitative estimate of drug-likeness (QED) is 0.906. The maximum absolute atomic E-state index is 13.7. The van der Waals surface area contributed by atoms with E-state index in [1.807, 2.05) is 32.9 Å². The molecule has 0 aromatic heterocycles. The lowest BCUT2D eigenvalue weighted by Crippen LogP contribution is -2.44. The van der Waals surface area contributed by atoms with Crippen molar-refractivity contribution in [3.8, 4) is 0 Å². The molecule has 1 aliphatic heterocycles. The molecular formula is C18H27FN2O2. The molecule has 1 saturated heterocycles. The van der Waals surface area contributed by atoms with Crippen molar-refractivity contribution in [2.45, 2.75) is 39.8 Å². The number of nitrogens with one attached hydrogen (secondary N) is 1. The zero-order valence-electron chi connectivity index (χ0n) is 14.3. The lowest BCUT2D eigenvalue weighted by Gasteiger charge is -2.33. The lowest BCUT2D eigenvalue weighted by molar-refractivity contribution is -0.128. The van der Waals surface area contributed by atoms with Gasteiger partial charge in [0.15, 0.2) is 0 Å². The number of amides is 1. The van der Waals surface area contributed by atoms with E-state index in [0.717, 1.165) is 19.5 Å². The fraction of sp³-hybridized carbons (Fsp3) is 0.611. The summed E-state index contributed by atoms with van der Waals surface area (Å²) in [7, 11) is 0. The van der Waals surface area contributed by atoms with E-state index in [4.69, 9.17) is 4.74 Å². The van der Waals surface area contributed by atoms with Crippen molar-refractivity contribution in [2.24, 2.45) is 5.41 Å². The molecule has 0 radical (unpaired) electrons. The fourth-order valence-corrected chi connectivity index (χ4v) is 2.58. The van der Waals surface area contributed by atoms with E-state index in [2.05, 4.69) is 10.2 Å². The minimum Gasteiger partial charge on any atom is -0.375 e. The first kappa shape index (κ1) is 17.9. The first-order valence-corrected chi connectivity index (χ1v) is 8.22. The summed E-state index contributed by atoms with van der Waals surface area (Å²) in [6.45, 7) is 9.11. The number of hydrogen-bond acceptors (Lipinski definition) is 3. The van der Waals surface area contributed by atoms with Crippen LogP contribution >= 0.6 is 0 Å². The molecule has 128 valence electrons. The second-order valence-corrected chi connectivity index (χ2v) is 7.11. The van der Waals surface area contributed by atoms with Gasteiger partial charge in [-0.05, 0) is 12.5 Å². The fourth-order valence-electron chi connectivity index (χ4n) is 2.58. The normalized spacial score (nSPS) is 19.6. The van der Waals surface area contributed by atoms with E-state index in [1.54, 1.807) is 6.07 Å². The van der Waals surface area contributed by atoms with Crippen LogP contribution < -0.4 is 5.32 Å². The van der Waals surface area contributed by atoms with Crippen molar-refractivity contribution in [1.29, 1.82) is 0 Å². The summed E-state index contributed by atoms with van der Waals surface area (Å²) in [5.41, 5.74) is 0.346. The van der Waals surface area contributed by atoms with Crippen molar-refractivity contribution in [3.63, 3.8) is 0 Å². The third kappa shape index (κ3) is 5.59. The Hall–Kier alpha value is -1.46. The van der Waals surface area contributed by atoms with E-state index in [-0.39, 0.29) is 23.2 Å². The molecule has 1 amide bonds. The first-order chi connectivity index (χ1) is 10.9. The largest absolute Gasteiger partial charge is 0.375 e. The number of nitrogens with zero attached hydrogens (tertiary/aromatic N) is 1. The highest BCUT2D eigenvalue weighted by atomic mass is 19.1. The Morgan fingerprint density at radius 3 is 2.83 bits per heavy atom. The van der Waals surface area contributed by atoms with Gasteiger partial charge in [-0.3, -0.25) is 9.69 Å². The number of benzene rings is 1. The van der Waals surface area contributed by atoms with Gasteiger partial charge in [-0.15, -0.1) is 0 Å². The molecule has 1 aromatic carbocycles. The number of ether oxygens (including phenoxy) is 1. The van der Waals surface area contributed by atoms with Crippen LogP contribution in [0.5, 0.6) is 0 Å². The van der Waals surface area contributed by atoms with Crippen molar-refractivity contribution in [2.75, 3.05) is 26.2 Å². The number of morpholine rings is 1. The molecule has 0 spiro atoms. The number of rotatable bonds is 5. The van der Waals surface area contributed by atoms with Gasteiger partial charge < -0.3 is 10.1 Å². The van der Waals surface area contributed by atoms with Gasteiger partial charge >= 0.3 is 0 Å². The van der Waals surface area contributed by atoms with Gasteiger partial charge in [0, 0.05) is 37.2 Å². The van der Waals surface area contributed by atoms with E-state index >= 15 is 0 Å². The van der Waals surface area contributed by atoms with Gasteiger partial charge in [0.25, 0.3) is 0 Å². The van der Waals surface area contributed by atoms with Crippen LogP contribution in [0.1, 0.15) is 32.8 Å². The zero-order valence-corrected chi connectivity index (χ0v) is 14.3. The Kier molecular flexibility index (Phi) is 6.13. The molecule has 0 bridgehead atoms. The Morgan fingerprint density at radius 2 is 2.13 bits per heavy atom. The second kappa shape index (κ2) is 7.88. The third-order valence-corrected chi connectivity index (χ3v) is 4.01. The van der Waals surface area contributed by atoms with Crippen LogP contribution in [0.4, 0.5) is 4.39 Å². The molecular weight excluding hydrogens is 295 g/mol. The number of halogens is 1. The third-order valence-electron chi connectivity index (χ3n) is 4.01. The van der Waals surface area contributed by atoms with Gasteiger partial charge in [-0.25, -0.2) is 4.39 Å². The van der Waals surface area contributed by atoms with Gasteiger partial charge in [0.1, 0.15) is 5.82 Å². The van der Waals surface area contributed by atoms with Crippen LogP contribution in [0.25, 0.3) is 0 Å². The van der Waals surface area contributed by atoms with E-state index in [1.165, 1.54) is 6.07 Å². The highest BCUT2D eigenvalue weighted by Crippen LogP contribution is 2.15. The summed E-state index contributed by atoms with van der Waals surface area (Å²) in [4.78, 5) is 14.1. The highest BCUT2D eigenvalue weighted by molar-refractivity contribution is 5.81. The van der Waals surface area contributed by atoms with Crippen molar-refractivity contribution in [3.05, 3.63) is 35.6 Å². The molecule has 0 saturated carbocycles. The van der Waals surface area contributed by atoms with Gasteiger partial charge in [0.05, 0.1) is 12.7 Å². The molecule has 2 rings (SSSR count). The number of carbonyl (C=O) groups excluding carboxylic acids is 1. The summed E-state index contributed by atoms with van der Waals surface area (Å²) in [5, 5.41) is 2.95. The Labute approximate surface area is 138 Å². The highest BCUT2D eigenvalue weighted by Gasteiger charge is 2.23. The molecule has 1 unspecified atom stereocenters. The monoisotopic (exact) mass is 322 g/mol. The molecule has 23 heavy (non-hydrogen) atoms. The average Bonchev–Trinajstić information content (AvgIpc) is 2.49. The van der Waals surface area contributed by atoms with Crippen molar-refractivity contribution < 1.29 is 13.9 Å². The second-order valence-electron chi connectivity index (χ2n) is 7.11. The molecule has 4 nitrogen and oxygen atoms in total. The number of carbonyl (C=O) groups is 1. The molecule has 1 N–H and O–H groups in total. The minimum atomic E-state index is -0.371. The maximum atomic E-state index is 13.7. The van der Waals surface area contributed by atoms with Crippen LogP contribution in [-0.4, -0.2) is 43.2 Å². The topological polar surface area (TPSA) is 41.6 Å². The molecule has 1 aromatic rings. The summed E-state index contributed by atoms with van der Waals surface area (Å²) in [6.07, 6.45) is 0.853. The lowest BCUT2D eigenvalue weighted by atomic mass is 9.95. The van der Waals surface area contributed by atoms with Crippen molar-refractivity contribution in [1.82, 2.24) is 10.2 Å². The smallest absolute Gasteiger partial charge is 0.225 e. The molecule has 1 fully saturated rings. The first-order valence-electron chi connectivity index (χ1n) is 8.22. The Bertz CT molecular complexity index is 528. The average molecular weight is 322 g/mol. The van der Waals surface area contributed by atoms with Gasteiger partial charge in [0.2, 0.25) is 5.91 Å². The van der Waals surface area contributed by atoms with Crippen LogP contribution in [0.3, 0.4) is 0 Å². The molecule has 1 atom stereocenters. The maximum Gasteiger partial charge on any atom is 0.225 e. The summed E-state index contributed by atoms with van der Waals surface area (Å²) in [6, 6.07) is 6.88. The zero-order chi connectivity index (χ0) is 16.9. The predicted octanol–water partition coefficient (Wildman–Crippen LogP) is 2.58. The minimum absolute atomic E-state index is 0.0523.